The lowest BCUT2D eigenvalue weighted by atomic mass is 9.85. The number of benzene rings is 1. The van der Waals surface area contributed by atoms with E-state index >= 15 is 0 Å². The molecule has 32 heavy (non-hydrogen) atoms. The van der Waals surface area contributed by atoms with Gasteiger partial charge in [0.15, 0.2) is 0 Å². The summed E-state index contributed by atoms with van der Waals surface area (Å²) in [5, 5.41) is 10.8. The number of nitrogens with zero attached hydrogens (tertiary/aromatic N) is 2. The smallest absolute Gasteiger partial charge is 0.311 e. The maximum atomic E-state index is 12.0. The van der Waals surface area contributed by atoms with Crippen molar-refractivity contribution in [2.45, 2.75) is 57.8 Å². The molecule has 1 aromatic heterocycles. The van der Waals surface area contributed by atoms with Crippen LogP contribution in [0.1, 0.15) is 61.8 Å². The predicted molar refractivity (Wildman–Crippen MR) is 124 cm³/mol. The van der Waals surface area contributed by atoms with Crippen molar-refractivity contribution in [2.24, 2.45) is 7.05 Å². The fraction of sp³-hybridized carbons (Fsp3) is 0.600. The summed E-state index contributed by atoms with van der Waals surface area (Å²) in [6.45, 7) is 3.59. The minimum atomic E-state index is -0.766. The molecule has 0 fully saturated rings. The minimum Gasteiger partial charge on any atom is -0.493 e. The highest BCUT2D eigenvalue weighted by Crippen LogP contribution is 2.41. The van der Waals surface area contributed by atoms with Crippen molar-refractivity contribution in [1.82, 2.24) is 9.47 Å². The Hall–Kier alpha value is -2.54. The molecule has 2 aromatic rings. The molecule has 7 nitrogen and oxygen atoms in total. The number of aliphatic carboxylic acids is 1. The Balaban J connectivity index is 1.95. The molecule has 1 heterocycles. The van der Waals surface area contributed by atoms with Crippen molar-refractivity contribution in [3.05, 3.63) is 29.0 Å². The zero-order valence-corrected chi connectivity index (χ0v) is 19.8. The van der Waals surface area contributed by atoms with Gasteiger partial charge in [0.25, 0.3) is 0 Å². The van der Waals surface area contributed by atoms with Crippen molar-refractivity contribution >= 4 is 22.8 Å². The van der Waals surface area contributed by atoms with Crippen LogP contribution in [0.3, 0.4) is 0 Å². The molecule has 0 amide bonds. The first-order chi connectivity index (χ1) is 15.3. The van der Waals surface area contributed by atoms with E-state index in [-0.39, 0.29) is 19.0 Å². The number of aromatic nitrogens is 1. The number of hydrogen-bond donors (Lipinski definition) is 1. The number of carboxylic acids is 1. The average Bonchev–Trinajstić information content (AvgIpc) is 3.04. The molecule has 1 N–H and O–H groups in total. The van der Waals surface area contributed by atoms with Crippen LogP contribution in [-0.2, 0) is 34.2 Å². The van der Waals surface area contributed by atoms with Crippen LogP contribution in [0, 0.1) is 0 Å². The second kappa shape index (κ2) is 10.9. The number of carboxylic acid groups (broad SMARTS) is 1. The van der Waals surface area contributed by atoms with Crippen LogP contribution in [0.15, 0.2) is 12.1 Å². The minimum absolute atomic E-state index is 0.193. The van der Waals surface area contributed by atoms with Gasteiger partial charge in [-0.2, -0.15) is 0 Å². The van der Waals surface area contributed by atoms with Gasteiger partial charge in [-0.25, -0.2) is 0 Å². The zero-order valence-electron chi connectivity index (χ0n) is 19.8. The van der Waals surface area contributed by atoms with E-state index in [1.165, 1.54) is 0 Å². The lowest BCUT2D eigenvalue weighted by Crippen LogP contribution is -2.18. The summed E-state index contributed by atoms with van der Waals surface area (Å²) in [5.41, 5.74) is 4.32. The highest BCUT2D eigenvalue weighted by atomic mass is 16.5. The van der Waals surface area contributed by atoms with Gasteiger partial charge in [-0.05, 0) is 82.4 Å². The number of rotatable bonds is 11. The van der Waals surface area contributed by atoms with Gasteiger partial charge in [-0.1, -0.05) is 6.92 Å². The number of carbonyl (C=O) groups excluding carboxylic acids is 1. The monoisotopic (exact) mass is 444 g/mol. The first kappa shape index (κ1) is 24.1. The van der Waals surface area contributed by atoms with E-state index < -0.39 is 11.9 Å². The molecule has 7 heteroatoms. The lowest BCUT2D eigenvalue weighted by molar-refractivity contribution is -0.144. The number of carbonyl (C=O) groups is 2. The SMILES string of the molecule is CCCOC(=O)CCOc1cc(CCCN(C)C)c2c(c1)c1c(n2C)CCC[C@@H]1C(=O)O. The van der Waals surface area contributed by atoms with E-state index in [1.54, 1.807) is 0 Å². The quantitative estimate of drug-likeness (QED) is 0.530. The van der Waals surface area contributed by atoms with Crippen molar-refractivity contribution in [3.8, 4) is 5.75 Å². The first-order valence-electron chi connectivity index (χ1n) is 11.6. The third-order valence-electron chi connectivity index (χ3n) is 6.15. The number of fused-ring (bicyclic) bond motifs is 3. The highest BCUT2D eigenvalue weighted by molar-refractivity contribution is 5.94. The molecule has 0 bridgehead atoms. The van der Waals surface area contributed by atoms with Gasteiger partial charge in [0, 0.05) is 18.1 Å². The van der Waals surface area contributed by atoms with Crippen LogP contribution in [0.4, 0.5) is 0 Å². The van der Waals surface area contributed by atoms with Crippen LogP contribution in [0.5, 0.6) is 5.75 Å². The largest absolute Gasteiger partial charge is 0.493 e. The van der Waals surface area contributed by atoms with E-state index in [0.717, 1.165) is 66.4 Å². The van der Waals surface area contributed by atoms with E-state index in [0.29, 0.717) is 18.8 Å². The van der Waals surface area contributed by atoms with Crippen molar-refractivity contribution in [1.29, 1.82) is 0 Å². The van der Waals surface area contributed by atoms with Gasteiger partial charge in [-0.3, -0.25) is 9.59 Å². The van der Waals surface area contributed by atoms with E-state index in [4.69, 9.17) is 9.47 Å². The molecule has 3 rings (SSSR count). The van der Waals surface area contributed by atoms with Crippen molar-refractivity contribution in [3.63, 3.8) is 0 Å². The molecule has 0 saturated heterocycles. The standard InChI is InChI=1S/C25H36N2O5/c1-5-13-32-22(28)11-14-31-18-15-17(8-7-12-26(2)3)24-20(16-18)23-19(25(29)30)9-6-10-21(23)27(24)4/h15-16,19H,5-14H2,1-4H3,(H,29,30)/t19-/m0/s1. The summed E-state index contributed by atoms with van der Waals surface area (Å²) in [6, 6.07) is 4.01. The maximum absolute atomic E-state index is 12.0. The fourth-order valence-corrected chi connectivity index (χ4v) is 4.69. The normalized spacial score (nSPS) is 15.7. The Bertz CT molecular complexity index is 963. The fourth-order valence-electron chi connectivity index (χ4n) is 4.69. The van der Waals surface area contributed by atoms with Crippen molar-refractivity contribution in [2.75, 3.05) is 33.9 Å². The predicted octanol–water partition coefficient (Wildman–Crippen LogP) is 3.90. The molecule has 0 radical (unpaired) electrons. The molecule has 1 atom stereocenters. The van der Waals surface area contributed by atoms with Crippen molar-refractivity contribution < 1.29 is 24.2 Å². The molecule has 0 unspecified atom stereocenters. The maximum Gasteiger partial charge on any atom is 0.311 e. The molecule has 176 valence electrons. The lowest BCUT2D eigenvalue weighted by Gasteiger charge is -2.20. The highest BCUT2D eigenvalue weighted by Gasteiger charge is 2.32. The average molecular weight is 445 g/mol. The summed E-state index contributed by atoms with van der Waals surface area (Å²) < 4.78 is 13.3. The second-order valence-corrected chi connectivity index (χ2v) is 8.91. The Morgan fingerprint density at radius 3 is 2.72 bits per heavy atom. The summed E-state index contributed by atoms with van der Waals surface area (Å²) in [5.74, 6) is -0.833. The number of aryl methyl sites for hydroxylation is 2. The third kappa shape index (κ3) is 5.44. The molecule has 1 aliphatic carbocycles. The van der Waals surface area contributed by atoms with Gasteiger partial charge >= 0.3 is 11.9 Å². The van der Waals surface area contributed by atoms with Gasteiger partial charge in [0.2, 0.25) is 0 Å². The number of ether oxygens (including phenoxy) is 2. The number of hydrogen-bond acceptors (Lipinski definition) is 5. The Labute approximate surface area is 190 Å². The van der Waals surface area contributed by atoms with Gasteiger partial charge in [-0.15, -0.1) is 0 Å². The molecule has 0 aliphatic heterocycles. The topological polar surface area (TPSA) is 81.0 Å². The number of esters is 1. The summed E-state index contributed by atoms with van der Waals surface area (Å²) >= 11 is 0. The Morgan fingerprint density at radius 2 is 2.03 bits per heavy atom. The molecule has 0 saturated carbocycles. The molecule has 1 aliphatic rings. The molecule has 1 aromatic carbocycles. The van der Waals surface area contributed by atoms with Crippen LogP contribution < -0.4 is 4.74 Å². The van der Waals surface area contributed by atoms with Gasteiger partial charge in [0.1, 0.15) is 5.75 Å². The van der Waals surface area contributed by atoms with E-state index in [9.17, 15) is 14.7 Å². The molecular weight excluding hydrogens is 408 g/mol. The second-order valence-electron chi connectivity index (χ2n) is 8.91. The van der Waals surface area contributed by atoms with Crippen LogP contribution in [0.2, 0.25) is 0 Å². The molecule has 0 spiro atoms. The zero-order chi connectivity index (χ0) is 23.3. The summed E-state index contributed by atoms with van der Waals surface area (Å²) in [6.07, 6.45) is 5.29. The Kier molecular flexibility index (Phi) is 8.18. The van der Waals surface area contributed by atoms with Crippen LogP contribution >= 0.6 is 0 Å². The van der Waals surface area contributed by atoms with Gasteiger partial charge < -0.3 is 24.0 Å². The van der Waals surface area contributed by atoms with Gasteiger partial charge in [0.05, 0.1) is 31.1 Å². The van der Waals surface area contributed by atoms with Crippen LogP contribution in [0.25, 0.3) is 10.9 Å². The summed E-state index contributed by atoms with van der Waals surface area (Å²) in [4.78, 5) is 26.0. The molecular formula is C25H36N2O5. The Morgan fingerprint density at radius 1 is 1.25 bits per heavy atom. The van der Waals surface area contributed by atoms with Crippen LogP contribution in [-0.4, -0.2) is 60.4 Å². The third-order valence-corrected chi connectivity index (χ3v) is 6.15. The summed E-state index contributed by atoms with van der Waals surface area (Å²) in [7, 11) is 6.17. The van der Waals surface area contributed by atoms with E-state index in [1.807, 2.05) is 20.0 Å². The van der Waals surface area contributed by atoms with E-state index in [2.05, 4.69) is 29.6 Å². The first-order valence-corrected chi connectivity index (χ1v) is 11.6.